The van der Waals surface area contributed by atoms with Crippen molar-refractivity contribution < 1.29 is 0 Å². The molecule has 2 N–H and O–H groups in total. The molecule has 4 nitrogen and oxygen atoms in total. The van der Waals surface area contributed by atoms with Crippen molar-refractivity contribution in [1.82, 2.24) is 14.8 Å². The Bertz CT molecular complexity index is 481. The molecule has 5 heteroatoms. The first kappa shape index (κ1) is 12.1. The molecule has 0 bridgehead atoms. The van der Waals surface area contributed by atoms with Crippen molar-refractivity contribution >= 4 is 11.8 Å². The molecule has 1 aromatic carbocycles. The molecule has 0 aliphatic heterocycles. The Morgan fingerprint density at radius 1 is 1.41 bits per heavy atom. The molecule has 2 rings (SSSR count). The van der Waals surface area contributed by atoms with E-state index in [9.17, 15) is 0 Å². The predicted octanol–water partition coefficient (Wildman–Crippen LogP) is 2.05. The molecule has 0 amide bonds. The number of hydrogen-bond acceptors (Lipinski definition) is 4. The van der Waals surface area contributed by atoms with Gasteiger partial charge in [-0.25, -0.2) is 9.67 Å². The minimum atomic E-state index is 0.583. The largest absolute Gasteiger partial charge is 0.326 e. The van der Waals surface area contributed by atoms with Gasteiger partial charge in [-0.05, 0) is 24.6 Å². The van der Waals surface area contributed by atoms with Gasteiger partial charge in [0.05, 0.1) is 5.75 Å². The Kier molecular flexibility index (Phi) is 4.17. The van der Waals surface area contributed by atoms with Gasteiger partial charge < -0.3 is 5.73 Å². The summed E-state index contributed by atoms with van der Waals surface area (Å²) in [6.07, 6.45) is 1.61. The lowest BCUT2D eigenvalue weighted by Crippen LogP contribution is -2.02. The molecule has 17 heavy (non-hydrogen) atoms. The molecule has 0 aliphatic rings. The van der Waals surface area contributed by atoms with Crippen LogP contribution in [0.5, 0.6) is 0 Å². The number of aromatic nitrogens is 3. The van der Waals surface area contributed by atoms with Gasteiger partial charge in [0, 0.05) is 18.0 Å². The number of rotatable bonds is 5. The normalized spacial score (nSPS) is 10.7. The van der Waals surface area contributed by atoms with E-state index >= 15 is 0 Å². The van der Waals surface area contributed by atoms with Gasteiger partial charge in [0.1, 0.15) is 12.2 Å². The van der Waals surface area contributed by atoms with E-state index in [1.807, 2.05) is 16.8 Å². The quantitative estimate of drug-likeness (QED) is 0.823. The third-order valence-electron chi connectivity index (χ3n) is 2.50. The Hall–Kier alpha value is -1.33. The van der Waals surface area contributed by atoms with Crippen LogP contribution >= 0.6 is 11.8 Å². The van der Waals surface area contributed by atoms with Crippen molar-refractivity contribution in [2.75, 3.05) is 0 Å². The SMILES string of the molecule is CCn1ncnc1CSc1cccc(CN)c1. The van der Waals surface area contributed by atoms with Crippen LogP contribution in [0.25, 0.3) is 0 Å². The van der Waals surface area contributed by atoms with E-state index in [4.69, 9.17) is 5.73 Å². The smallest absolute Gasteiger partial charge is 0.138 e. The van der Waals surface area contributed by atoms with Gasteiger partial charge in [-0.3, -0.25) is 0 Å². The third kappa shape index (κ3) is 3.08. The second-order valence-corrected chi connectivity index (χ2v) is 4.68. The van der Waals surface area contributed by atoms with Crippen molar-refractivity contribution in [2.24, 2.45) is 5.73 Å². The Morgan fingerprint density at radius 3 is 3.06 bits per heavy atom. The van der Waals surface area contributed by atoms with Gasteiger partial charge in [0.2, 0.25) is 0 Å². The average molecular weight is 248 g/mol. The van der Waals surface area contributed by atoms with Crippen molar-refractivity contribution in [1.29, 1.82) is 0 Å². The summed E-state index contributed by atoms with van der Waals surface area (Å²) >= 11 is 1.76. The zero-order valence-corrected chi connectivity index (χ0v) is 10.7. The average Bonchev–Trinajstić information content (AvgIpc) is 2.84. The van der Waals surface area contributed by atoms with Crippen molar-refractivity contribution in [3.63, 3.8) is 0 Å². The van der Waals surface area contributed by atoms with Gasteiger partial charge in [-0.2, -0.15) is 5.10 Å². The van der Waals surface area contributed by atoms with E-state index in [0.717, 1.165) is 23.7 Å². The molecule has 2 aromatic rings. The van der Waals surface area contributed by atoms with E-state index in [2.05, 4.69) is 29.1 Å². The molecule has 0 atom stereocenters. The second-order valence-electron chi connectivity index (χ2n) is 3.63. The fourth-order valence-electron chi connectivity index (χ4n) is 1.57. The molecule has 0 saturated carbocycles. The molecule has 0 unspecified atom stereocenters. The lowest BCUT2D eigenvalue weighted by atomic mass is 10.2. The fourth-order valence-corrected chi connectivity index (χ4v) is 2.50. The van der Waals surface area contributed by atoms with Gasteiger partial charge >= 0.3 is 0 Å². The summed E-state index contributed by atoms with van der Waals surface area (Å²) in [4.78, 5) is 5.47. The fraction of sp³-hybridized carbons (Fsp3) is 0.333. The monoisotopic (exact) mass is 248 g/mol. The maximum absolute atomic E-state index is 5.62. The molecule has 0 radical (unpaired) electrons. The van der Waals surface area contributed by atoms with Crippen molar-refractivity contribution in [3.05, 3.63) is 42.0 Å². The lowest BCUT2D eigenvalue weighted by Gasteiger charge is -2.04. The standard InChI is InChI=1S/C12H16N4S/c1-2-16-12(14-9-15-16)8-17-11-5-3-4-10(6-11)7-13/h3-6,9H,2,7-8,13H2,1H3. The van der Waals surface area contributed by atoms with E-state index in [1.165, 1.54) is 4.90 Å². The zero-order valence-electron chi connectivity index (χ0n) is 9.84. The molecule has 1 aromatic heterocycles. The van der Waals surface area contributed by atoms with Crippen LogP contribution in [0, 0.1) is 0 Å². The molecule has 0 saturated heterocycles. The van der Waals surface area contributed by atoms with Gasteiger partial charge in [-0.15, -0.1) is 11.8 Å². The van der Waals surface area contributed by atoms with E-state index in [-0.39, 0.29) is 0 Å². The third-order valence-corrected chi connectivity index (χ3v) is 3.49. The van der Waals surface area contributed by atoms with Crippen LogP contribution in [0.4, 0.5) is 0 Å². The molecular weight excluding hydrogens is 232 g/mol. The number of aryl methyl sites for hydroxylation is 1. The number of hydrogen-bond donors (Lipinski definition) is 1. The highest BCUT2D eigenvalue weighted by molar-refractivity contribution is 7.98. The Labute approximate surface area is 105 Å². The van der Waals surface area contributed by atoms with Crippen LogP contribution in [0.15, 0.2) is 35.5 Å². The molecule has 1 heterocycles. The van der Waals surface area contributed by atoms with Crippen molar-refractivity contribution in [2.45, 2.75) is 30.7 Å². The number of nitrogens with two attached hydrogens (primary N) is 1. The minimum Gasteiger partial charge on any atom is -0.326 e. The van der Waals surface area contributed by atoms with Gasteiger partial charge in [0.15, 0.2) is 0 Å². The summed E-state index contributed by atoms with van der Waals surface area (Å²) in [5.41, 5.74) is 6.78. The minimum absolute atomic E-state index is 0.583. The molecule has 0 fully saturated rings. The topological polar surface area (TPSA) is 56.7 Å². The lowest BCUT2D eigenvalue weighted by molar-refractivity contribution is 0.632. The Balaban J connectivity index is 2.02. The van der Waals surface area contributed by atoms with E-state index in [1.54, 1.807) is 18.1 Å². The first-order valence-corrected chi connectivity index (χ1v) is 6.60. The summed E-state index contributed by atoms with van der Waals surface area (Å²) in [5.74, 6) is 1.85. The van der Waals surface area contributed by atoms with Crippen LogP contribution in [0.2, 0.25) is 0 Å². The van der Waals surface area contributed by atoms with Crippen LogP contribution < -0.4 is 5.73 Å². The summed E-state index contributed by atoms with van der Waals surface area (Å²) in [6, 6.07) is 8.29. The summed E-state index contributed by atoms with van der Waals surface area (Å²) in [5, 5.41) is 4.15. The predicted molar refractivity (Wildman–Crippen MR) is 69.6 cm³/mol. The van der Waals surface area contributed by atoms with Gasteiger partial charge in [-0.1, -0.05) is 12.1 Å². The number of benzene rings is 1. The number of thioether (sulfide) groups is 1. The molecular formula is C12H16N4S. The van der Waals surface area contributed by atoms with E-state index in [0.29, 0.717) is 6.54 Å². The molecule has 0 aliphatic carbocycles. The highest BCUT2D eigenvalue weighted by atomic mass is 32.2. The maximum Gasteiger partial charge on any atom is 0.138 e. The first-order chi connectivity index (χ1) is 8.33. The van der Waals surface area contributed by atoms with E-state index < -0.39 is 0 Å². The summed E-state index contributed by atoms with van der Waals surface area (Å²) < 4.78 is 1.92. The maximum atomic E-state index is 5.62. The first-order valence-electron chi connectivity index (χ1n) is 5.62. The second kappa shape index (κ2) is 5.84. The molecule has 0 spiro atoms. The van der Waals surface area contributed by atoms with Crippen molar-refractivity contribution in [3.8, 4) is 0 Å². The van der Waals surface area contributed by atoms with Crippen LogP contribution in [-0.2, 0) is 18.8 Å². The summed E-state index contributed by atoms with van der Waals surface area (Å²) in [6.45, 7) is 3.51. The van der Waals surface area contributed by atoms with Crippen LogP contribution in [-0.4, -0.2) is 14.8 Å². The number of nitrogens with zero attached hydrogens (tertiary/aromatic N) is 3. The van der Waals surface area contributed by atoms with Crippen LogP contribution in [0.3, 0.4) is 0 Å². The van der Waals surface area contributed by atoms with Crippen LogP contribution in [0.1, 0.15) is 18.3 Å². The zero-order chi connectivity index (χ0) is 12.1. The highest BCUT2D eigenvalue weighted by Crippen LogP contribution is 2.22. The highest BCUT2D eigenvalue weighted by Gasteiger charge is 2.03. The Morgan fingerprint density at radius 2 is 2.29 bits per heavy atom. The summed E-state index contributed by atoms with van der Waals surface area (Å²) in [7, 11) is 0. The molecule has 90 valence electrons. The van der Waals surface area contributed by atoms with Gasteiger partial charge in [0.25, 0.3) is 0 Å².